The summed E-state index contributed by atoms with van der Waals surface area (Å²) in [5.74, 6) is 1.64. The average molecular weight is 1070 g/mol. The first kappa shape index (κ1) is 56.8. The minimum absolute atomic E-state index is 0.0454. The third kappa shape index (κ3) is 11.3. The van der Waals surface area contributed by atoms with Crippen molar-refractivity contribution in [2.75, 3.05) is 46.2 Å². The number of Topliss-reactive ketones (excluding diaryl/α,β-unsaturated/α-hetero) is 1. The number of hydrogen-bond acceptors (Lipinski definition) is 15. The van der Waals surface area contributed by atoms with Gasteiger partial charge in [-0.05, 0) is 137 Å². The van der Waals surface area contributed by atoms with E-state index in [1.54, 1.807) is 50.0 Å². The Bertz CT molecular complexity index is 3260. The molecule has 2 bridgehead atoms. The SMILES string of the molecule is CC(=O)Nc1ccc(O)cc1.COc1cccc([C@@]2(O)CCCC[C@@H]2CN(C)C)c1.Cn1c(=O)c2c(ncn2C)n(C)c1=O.O=C(O)c1cccnc1.O=C1CC[C@@]2(O)[C@H]3Cc4ccc(O)c5c4[C@@]2(CCN3CC2CC2)[C@H]1O5. The van der Waals surface area contributed by atoms with Crippen molar-refractivity contribution in [3.63, 3.8) is 0 Å². The van der Waals surface area contributed by atoms with Crippen LogP contribution in [0.4, 0.5) is 5.69 Å². The van der Waals surface area contributed by atoms with E-state index in [0.717, 1.165) is 84.7 Å². The van der Waals surface area contributed by atoms with Crippen molar-refractivity contribution in [2.45, 2.75) is 99.9 Å². The Labute approximate surface area is 452 Å². The quantitative estimate of drug-likeness (QED) is 0.106. The van der Waals surface area contributed by atoms with E-state index in [1.165, 1.54) is 74.7 Å². The van der Waals surface area contributed by atoms with Crippen molar-refractivity contribution < 1.29 is 49.4 Å². The number of likely N-dealkylation sites (tertiary alicyclic amines) is 1. The lowest BCUT2D eigenvalue weighted by Crippen LogP contribution is -2.76. The van der Waals surface area contributed by atoms with Gasteiger partial charge in [0.1, 0.15) is 11.5 Å². The number of phenolic OH excluding ortho intramolecular Hbond substituents is 2. The van der Waals surface area contributed by atoms with E-state index in [9.17, 15) is 39.3 Å². The number of phenols is 2. The summed E-state index contributed by atoms with van der Waals surface area (Å²) in [5.41, 5.74) is 1.83. The molecule has 4 fully saturated rings. The summed E-state index contributed by atoms with van der Waals surface area (Å²) in [4.78, 5) is 68.8. The number of fused-ring (bicyclic) bond motifs is 1. The monoisotopic (exact) mass is 1070 g/mol. The Hall–Kier alpha value is -7.39. The number of aromatic carboxylic acids is 1. The molecule has 6 aromatic rings. The number of benzene rings is 3. The van der Waals surface area contributed by atoms with Crippen molar-refractivity contribution in [3.8, 4) is 23.0 Å². The number of aromatic nitrogens is 5. The van der Waals surface area contributed by atoms with Gasteiger partial charge in [0, 0.05) is 83.2 Å². The molecule has 6 N–H and O–H groups in total. The predicted molar refractivity (Wildman–Crippen MR) is 292 cm³/mol. The van der Waals surface area contributed by atoms with E-state index < -0.39 is 28.7 Å². The molecule has 6 aliphatic rings. The maximum atomic E-state index is 12.7. The number of carbonyl (C=O) groups excluding carboxylic acids is 2. The van der Waals surface area contributed by atoms with E-state index >= 15 is 0 Å². The fourth-order valence-corrected chi connectivity index (χ4v) is 12.2. The molecule has 1 amide bonds. The predicted octanol–water partition coefficient (Wildman–Crippen LogP) is 5.26. The van der Waals surface area contributed by atoms with Crippen molar-refractivity contribution in [1.29, 1.82) is 0 Å². The van der Waals surface area contributed by atoms with Gasteiger partial charge in [-0.3, -0.25) is 33.4 Å². The number of ketones is 1. The highest BCUT2D eigenvalue weighted by Crippen LogP contribution is 2.65. The van der Waals surface area contributed by atoms with Crippen molar-refractivity contribution in [2.24, 2.45) is 33.0 Å². The van der Waals surface area contributed by atoms with Crippen LogP contribution in [0, 0.1) is 11.8 Å². The first-order valence-electron chi connectivity index (χ1n) is 26.4. The highest BCUT2D eigenvalue weighted by Gasteiger charge is 2.73. The first-order valence-corrected chi connectivity index (χ1v) is 26.4. The highest BCUT2D eigenvalue weighted by molar-refractivity contribution is 5.90. The van der Waals surface area contributed by atoms with Gasteiger partial charge in [0.15, 0.2) is 34.6 Å². The standard InChI is InChI=1S/C20H23NO4.C16H25NO2.C8H10N4O2.C8H9NO2.C6H5NO2/c22-13-4-3-12-9-15-20(24)6-5-14(23)18-19(20,16(12)17(13)25-18)7-8-21(15)10-11-1-2-11;1-17(2)12-14-7-4-5-10-16(14,18)13-8-6-9-15(11-13)19-3;1-10-4-9-6-5(10)7(13)12(3)8(14)11(6)2;1-6(10)9-7-2-4-8(11)5-3-7;8-6(9)5-2-1-3-7-4-5/h3-4,11,15,18,22,24H,1-2,5-10H2;6,8-9,11,14,18H,4-5,7,10,12H2,1-3H3;4H,1-3H3;2-5,11H,1H3,(H,9,10);1-4H,(H,8,9)/t15-,18+,19+,20-;14-,16+;;;/m11.../s1. The molecule has 20 nitrogen and oxygen atoms in total. The van der Waals surface area contributed by atoms with Gasteiger partial charge in [-0.1, -0.05) is 31.0 Å². The molecule has 416 valence electrons. The number of hydrogen-bond donors (Lipinski definition) is 6. The van der Waals surface area contributed by atoms with Crippen molar-refractivity contribution in [1.82, 2.24) is 33.5 Å². The van der Waals surface area contributed by atoms with Crippen LogP contribution in [0.3, 0.4) is 0 Å². The number of pyridine rings is 1. The van der Waals surface area contributed by atoms with Gasteiger partial charge in [0.25, 0.3) is 5.56 Å². The second-order valence-corrected chi connectivity index (χ2v) is 21.6. The number of carboxylic acid groups (broad SMARTS) is 1. The molecule has 5 heterocycles. The molecule has 3 saturated carbocycles. The number of carbonyl (C=O) groups is 3. The van der Waals surface area contributed by atoms with Crippen LogP contribution in [0.1, 0.15) is 91.8 Å². The van der Waals surface area contributed by atoms with Crippen LogP contribution in [-0.4, -0.2) is 135 Å². The number of aromatic hydroxyl groups is 2. The van der Waals surface area contributed by atoms with Crippen LogP contribution >= 0.6 is 0 Å². The number of amides is 1. The molecule has 1 saturated heterocycles. The Morgan fingerprint density at radius 2 is 1.65 bits per heavy atom. The van der Waals surface area contributed by atoms with E-state index in [4.69, 9.17) is 19.7 Å². The molecule has 3 aromatic carbocycles. The second-order valence-electron chi connectivity index (χ2n) is 21.6. The Morgan fingerprint density at radius 1 is 0.910 bits per heavy atom. The maximum Gasteiger partial charge on any atom is 0.337 e. The Balaban J connectivity index is 0.000000135. The molecule has 20 heteroatoms. The zero-order valence-corrected chi connectivity index (χ0v) is 45.4. The van der Waals surface area contributed by atoms with Gasteiger partial charge >= 0.3 is 11.7 Å². The first-order chi connectivity index (χ1) is 37.1. The van der Waals surface area contributed by atoms with Gasteiger partial charge in [-0.25, -0.2) is 14.6 Å². The normalized spacial score (nSPS) is 24.3. The number of carboxylic acids is 1. The number of aryl methyl sites for hydroxylation is 2. The zero-order valence-electron chi connectivity index (χ0n) is 45.4. The smallest absolute Gasteiger partial charge is 0.337 e. The lowest BCUT2D eigenvalue weighted by molar-refractivity contribution is -0.188. The topological polar surface area (TPSA) is 264 Å². The minimum atomic E-state index is -0.942. The average Bonchev–Trinajstić information content (AvgIpc) is 3.79. The number of imidazole rings is 1. The number of rotatable bonds is 8. The molecule has 6 atom stereocenters. The van der Waals surface area contributed by atoms with E-state index in [1.807, 2.05) is 30.3 Å². The molecule has 1 spiro atoms. The Morgan fingerprint density at radius 3 is 2.29 bits per heavy atom. The summed E-state index contributed by atoms with van der Waals surface area (Å²) in [6, 6.07) is 21.0. The number of ether oxygens (including phenoxy) is 2. The van der Waals surface area contributed by atoms with Crippen LogP contribution in [0.15, 0.2) is 101 Å². The van der Waals surface area contributed by atoms with Gasteiger partial charge in [0.05, 0.1) is 35.6 Å². The lowest BCUT2D eigenvalue weighted by Gasteiger charge is -2.62. The third-order valence-corrected chi connectivity index (χ3v) is 16.2. The lowest BCUT2D eigenvalue weighted by atomic mass is 9.49. The zero-order chi connectivity index (χ0) is 56.3. The summed E-state index contributed by atoms with van der Waals surface area (Å²) in [6.07, 6.45) is 12.9. The summed E-state index contributed by atoms with van der Waals surface area (Å²) in [7, 11) is 10.6. The molecule has 0 radical (unpaired) electrons. The molecular weight excluding hydrogens is 1000 g/mol. The van der Waals surface area contributed by atoms with Crippen LogP contribution in [0.25, 0.3) is 11.2 Å². The second kappa shape index (κ2) is 23.3. The van der Waals surface area contributed by atoms with Gasteiger partial charge < -0.3 is 49.8 Å². The van der Waals surface area contributed by atoms with Gasteiger partial charge in [-0.15, -0.1) is 0 Å². The molecular formula is C58H72N8O12. The highest BCUT2D eigenvalue weighted by atomic mass is 16.5. The number of nitrogens with one attached hydrogen (secondary N) is 1. The largest absolute Gasteiger partial charge is 0.508 e. The molecule has 12 rings (SSSR count). The third-order valence-electron chi connectivity index (χ3n) is 16.2. The molecule has 3 aromatic heterocycles. The fourth-order valence-electron chi connectivity index (χ4n) is 12.2. The van der Waals surface area contributed by atoms with Crippen molar-refractivity contribution in [3.05, 3.63) is 135 Å². The number of methoxy groups -OCH3 is 1. The van der Waals surface area contributed by atoms with Crippen LogP contribution in [0.5, 0.6) is 23.0 Å². The fraction of sp³-hybridized carbons (Fsp3) is 0.466. The molecule has 4 aliphatic carbocycles. The summed E-state index contributed by atoms with van der Waals surface area (Å²) in [5, 5.41) is 53.3. The van der Waals surface area contributed by atoms with E-state index in [-0.39, 0.29) is 46.0 Å². The van der Waals surface area contributed by atoms with E-state index in [2.05, 4.69) is 39.2 Å². The Kier molecular flexibility index (Phi) is 17.0. The summed E-state index contributed by atoms with van der Waals surface area (Å²) < 4.78 is 15.4. The number of anilines is 1. The molecule has 78 heavy (non-hydrogen) atoms. The number of aliphatic hydroxyl groups is 2. The number of piperidine rings is 1. The van der Waals surface area contributed by atoms with Crippen LogP contribution in [-0.2, 0) is 48.2 Å². The minimum Gasteiger partial charge on any atom is -0.508 e. The van der Waals surface area contributed by atoms with Crippen LogP contribution < -0.4 is 26.0 Å². The van der Waals surface area contributed by atoms with Crippen molar-refractivity contribution >= 4 is 34.5 Å². The molecule has 2 aliphatic heterocycles. The van der Waals surface area contributed by atoms with Crippen LogP contribution in [0.2, 0.25) is 0 Å². The summed E-state index contributed by atoms with van der Waals surface area (Å²) >= 11 is 0. The van der Waals surface area contributed by atoms with Gasteiger partial charge in [0.2, 0.25) is 5.91 Å². The maximum absolute atomic E-state index is 12.7. The summed E-state index contributed by atoms with van der Waals surface area (Å²) in [6.45, 7) is 4.31. The van der Waals surface area contributed by atoms with Gasteiger partial charge in [-0.2, -0.15) is 0 Å². The number of nitrogens with zero attached hydrogens (tertiary/aromatic N) is 7. The van der Waals surface area contributed by atoms with E-state index in [0.29, 0.717) is 41.4 Å². The molecule has 0 unspecified atom stereocenters.